The second-order valence-corrected chi connectivity index (χ2v) is 3.88. The van der Waals surface area contributed by atoms with Gasteiger partial charge in [0.15, 0.2) is 0 Å². The first-order valence-electron chi connectivity index (χ1n) is 5.50. The summed E-state index contributed by atoms with van der Waals surface area (Å²) in [7, 11) is 1.95. The molecule has 1 N–H and O–H groups in total. The molecule has 1 aliphatic heterocycles. The van der Waals surface area contributed by atoms with Crippen LogP contribution in [0, 0.1) is 5.92 Å². The number of nitrogens with zero attached hydrogens (tertiary/aromatic N) is 1. The van der Waals surface area contributed by atoms with E-state index < -0.39 is 0 Å². The van der Waals surface area contributed by atoms with E-state index in [-0.39, 0.29) is 5.91 Å². The van der Waals surface area contributed by atoms with Gasteiger partial charge in [0.25, 0.3) is 0 Å². The highest BCUT2D eigenvalue weighted by atomic mass is 16.2. The minimum atomic E-state index is 0.131. The maximum absolute atomic E-state index is 11.7. The summed E-state index contributed by atoms with van der Waals surface area (Å²) >= 11 is 0. The van der Waals surface area contributed by atoms with E-state index in [0.29, 0.717) is 5.92 Å². The van der Waals surface area contributed by atoms with Crippen molar-refractivity contribution in [2.24, 2.45) is 5.92 Å². The molecule has 0 radical (unpaired) electrons. The van der Waals surface area contributed by atoms with Gasteiger partial charge in [-0.3, -0.25) is 4.79 Å². The molecule has 84 valence electrons. The molecule has 0 aliphatic carbocycles. The van der Waals surface area contributed by atoms with Gasteiger partial charge in [0.2, 0.25) is 5.91 Å². The number of amides is 1. The van der Waals surface area contributed by atoms with Crippen LogP contribution in [0.4, 0.5) is 0 Å². The number of allylic oxidation sites excluding steroid dienone is 3. The number of rotatable bonds is 4. The maximum atomic E-state index is 11.7. The molecule has 1 saturated heterocycles. The molecule has 1 heterocycles. The second-order valence-electron chi connectivity index (χ2n) is 3.88. The molecule has 0 bridgehead atoms. The van der Waals surface area contributed by atoms with Crippen molar-refractivity contribution in [2.45, 2.75) is 13.3 Å². The third-order valence-corrected chi connectivity index (χ3v) is 2.63. The monoisotopic (exact) mass is 208 g/mol. The van der Waals surface area contributed by atoms with Crippen molar-refractivity contribution in [1.82, 2.24) is 10.2 Å². The van der Waals surface area contributed by atoms with E-state index in [4.69, 9.17) is 0 Å². The Kier molecular flexibility index (Phi) is 5.12. The van der Waals surface area contributed by atoms with Crippen molar-refractivity contribution >= 4 is 5.91 Å². The molecular formula is C12H20N2O. The SMILES string of the molecule is CC=CC=CC(=O)N1CCC(CNC)C1. The molecule has 1 atom stereocenters. The molecule has 0 aromatic heterocycles. The number of carbonyl (C=O) groups is 1. The summed E-state index contributed by atoms with van der Waals surface area (Å²) < 4.78 is 0. The van der Waals surface area contributed by atoms with Crippen LogP contribution in [-0.2, 0) is 4.79 Å². The van der Waals surface area contributed by atoms with Crippen molar-refractivity contribution in [2.75, 3.05) is 26.7 Å². The van der Waals surface area contributed by atoms with Crippen LogP contribution in [0.2, 0.25) is 0 Å². The lowest BCUT2D eigenvalue weighted by Gasteiger charge is -2.13. The Hall–Kier alpha value is -1.09. The summed E-state index contributed by atoms with van der Waals surface area (Å²) in [5, 5.41) is 3.15. The van der Waals surface area contributed by atoms with Gasteiger partial charge >= 0.3 is 0 Å². The summed E-state index contributed by atoms with van der Waals surface area (Å²) in [6, 6.07) is 0. The molecule has 15 heavy (non-hydrogen) atoms. The van der Waals surface area contributed by atoms with Crippen LogP contribution in [0.5, 0.6) is 0 Å². The zero-order chi connectivity index (χ0) is 11.1. The molecule has 3 heteroatoms. The van der Waals surface area contributed by atoms with Crippen LogP contribution in [0.3, 0.4) is 0 Å². The van der Waals surface area contributed by atoms with Crippen LogP contribution >= 0.6 is 0 Å². The lowest BCUT2D eigenvalue weighted by atomic mass is 10.1. The summed E-state index contributed by atoms with van der Waals surface area (Å²) in [5.41, 5.74) is 0. The standard InChI is InChI=1S/C12H20N2O/c1-3-4-5-6-12(15)14-8-7-11(10-14)9-13-2/h3-6,11,13H,7-10H2,1-2H3. The highest BCUT2D eigenvalue weighted by Crippen LogP contribution is 2.15. The molecular weight excluding hydrogens is 188 g/mol. The number of hydrogen-bond acceptors (Lipinski definition) is 2. The highest BCUT2D eigenvalue weighted by Gasteiger charge is 2.23. The van der Waals surface area contributed by atoms with Crippen molar-refractivity contribution in [3.8, 4) is 0 Å². The van der Waals surface area contributed by atoms with Gasteiger partial charge < -0.3 is 10.2 Å². The smallest absolute Gasteiger partial charge is 0.246 e. The Labute approximate surface area is 91.8 Å². The average Bonchev–Trinajstić information content (AvgIpc) is 2.67. The van der Waals surface area contributed by atoms with Gasteiger partial charge in [-0.15, -0.1) is 0 Å². The van der Waals surface area contributed by atoms with Gasteiger partial charge in [-0.25, -0.2) is 0 Å². The quantitative estimate of drug-likeness (QED) is 0.556. The lowest BCUT2D eigenvalue weighted by molar-refractivity contribution is -0.125. The molecule has 0 saturated carbocycles. The Balaban J connectivity index is 2.36. The molecule has 1 amide bonds. The fourth-order valence-corrected chi connectivity index (χ4v) is 1.84. The van der Waals surface area contributed by atoms with Crippen LogP contribution in [0.25, 0.3) is 0 Å². The predicted octanol–water partition coefficient (Wildman–Crippen LogP) is 1.19. The van der Waals surface area contributed by atoms with E-state index >= 15 is 0 Å². The van der Waals surface area contributed by atoms with Crippen LogP contribution < -0.4 is 5.32 Å². The molecule has 3 nitrogen and oxygen atoms in total. The molecule has 0 aromatic rings. The minimum Gasteiger partial charge on any atom is -0.339 e. The number of nitrogens with one attached hydrogen (secondary N) is 1. The molecule has 1 aliphatic rings. The van der Waals surface area contributed by atoms with E-state index in [2.05, 4.69) is 5.32 Å². The van der Waals surface area contributed by atoms with Crippen molar-refractivity contribution in [3.63, 3.8) is 0 Å². The van der Waals surface area contributed by atoms with Crippen LogP contribution in [-0.4, -0.2) is 37.5 Å². The molecule has 0 aromatic carbocycles. The maximum Gasteiger partial charge on any atom is 0.246 e. The Morgan fingerprint density at radius 1 is 1.53 bits per heavy atom. The molecule has 1 unspecified atom stereocenters. The zero-order valence-electron chi connectivity index (χ0n) is 9.57. The Bertz CT molecular complexity index is 258. The van der Waals surface area contributed by atoms with E-state index in [0.717, 1.165) is 26.1 Å². The second kappa shape index (κ2) is 6.40. The van der Waals surface area contributed by atoms with Gasteiger partial charge in [-0.05, 0) is 32.9 Å². The first-order valence-corrected chi connectivity index (χ1v) is 5.50. The van der Waals surface area contributed by atoms with E-state index in [9.17, 15) is 4.79 Å². The third-order valence-electron chi connectivity index (χ3n) is 2.63. The summed E-state index contributed by atoms with van der Waals surface area (Å²) in [6.45, 7) is 4.72. The first kappa shape index (κ1) is 12.0. The Morgan fingerprint density at radius 3 is 3.00 bits per heavy atom. The third kappa shape index (κ3) is 3.88. The normalized spacial score (nSPS) is 22.0. The fourth-order valence-electron chi connectivity index (χ4n) is 1.84. The van der Waals surface area contributed by atoms with E-state index in [1.54, 1.807) is 12.2 Å². The number of carbonyl (C=O) groups excluding carboxylic acids is 1. The van der Waals surface area contributed by atoms with E-state index in [1.165, 1.54) is 0 Å². The van der Waals surface area contributed by atoms with E-state index in [1.807, 2.05) is 31.0 Å². The van der Waals surface area contributed by atoms with Crippen molar-refractivity contribution < 1.29 is 4.79 Å². The molecule has 1 fully saturated rings. The van der Waals surface area contributed by atoms with Gasteiger partial charge in [0.05, 0.1) is 0 Å². The van der Waals surface area contributed by atoms with Gasteiger partial charge in [0.1, 0.15) is 0 Å². The largest absolute Gasteiger partial charge is 0.339 e. The number of likely N-dealkylation sites (tertiary alicyclic amines) is 1. The van der Waals surface area contributed by atoms with Crippen molar-refractivity contribution in [1.29, 1.82) is 0 Å². The molecule has 0 spiro atoms. The molecule has 1 rings (SSSR count). The topological polar surface area (TPSA) is 32.3 Å². The van der Waals surface area contributed by atoms with Crippen LogP contribution in [0.1, 0.15) is 13.3 Å². The number of hydrogen-bond donors (Lipinski definition) is 1. The minimum absolute atomic E-state index is 0.131. The zero-order valence-corrected chi connectivity index (χ0v) is 9.57. The summed E-state index contributed by atoms with van der Waals surface area (Å²) in [5.74, 6) is 0.751. The van der Waals surface area contributed by atoms with Crippen molar-refractivity contribution in [3.05, 3.63) is 24.3 Å². The van der Waals surface area contributed by atoms with Gasteiger partial charge in [0, 0.05) is 19.2 Å². The summed E-state index contributed by atoms with van der Waals surface area (Å²) in [6.07, 6.45) is 8.34. The summed E-state index contributed by atoms with van der Waals surface area (Å²) in [4.78, 5) is 13.6. The average molecular weight is 208 g/mol. The van der Waals surface area contributed by atoms with Crippen LogP contribution in [0.15, 0.2) is 24.3 Å². The first-order chi connectivity index (χ1) is 7.27. The Morgan fingerprint density at radius 2 is 2.33 bits per heavy atom. The van der Waals surface area contributed by atoms with Gasteiger partial charge in [-0.2, -0.15) is 0 Å². The highest BCUT2D eigenvalue weighted by molar-refractivity contribution is 5.88. The fraction of sp³-hybridized carbons (Fsp3) is 0.583. The predicted molar refractivity (Wildman–Crippen MR) is 62.6 cm³/mol. The van der Waals surface area contributed by atoms with Gasteiger partial charge in [-0.1, -0.05) is 18.2 Å². The lowest BCUT2D eigenvalue weighted by Crippen LogP contribution is -2.28.